The van der Waals surface area contributed by atoms with Gasteiger partial charge in [0.2, 0.25) is 5.91 Å². The number of hydrogen-bond donors (Lipinski definition) is 1. The van der Waals surface area contributed by atoms with Gasteiger partial charge >= 0.3 is 0 Å². The van der Waals surface area contributed by atoms with Crippen LogP contribution in [0.2, 0.25) is 0 Å². The minimum Gasteiger partial charge on any atom is -0.355 e. The van der Waals surface area contributed by atoms with E-state index in [1.165, 1.54) is 0 Å². The van der Waals surface area contributed by atoms with E-state index in [2.05, 4.69) is 32.8 Å². The minimum absolute atomic E-state index is 0.173. The third-order valence-corrected chi connectivity index (χ3v) is 2.22. The Morgan fingerprint density at radius 1 is 1.64 bits per heavy atom. The van der Waals surface area contributed by atoms with Crippen molar-refractivity contribution in [3.8, 4) is 0 Å². The summed E-state index contributed by atoms with van der Waals surface area (Å²) in [5, 5.41) is 2.85. The fourth-order valence-electron chi connectivity index (χ4n) is 1.18. The monoisotopic (exact) mass is 268 g/mol. The van der Waals surface area contributed by atoms with Crippen molar-refractivity contribution in [3.63, 3.8) is 0 Å². The van der Waals surface area contributed by atoms with E-state index in [0.717, 1.165) is 30.5 Å². The largest absolute Gasteiger partial charge is 0.355 e. The van der Waals surface area contributed by atoms with Crippen LogP contribution in [-0.2, 0) is 4.79 Å². The number of carbonyl (C=O) groups is 1. The molecule has 0 atom stereocenters. The van der Waals surface area contributed by atoms with Gasteiger partial charge < -0.3 is 5.32 Å². The summed E-state index contributed by atoms with van der Waals surface area (Å²) >= 11 is 2.34. The molecule has 0 saturated carbocycles. The summed E-state index contributed by atoms with van der Waals surface area (Å²) in [6.07, 6.45) is 1.09. The standard InChI is InChI=1S/C7H13IN2O/c8-2-5-10-4-1-3-9-7(11)6-10/h1-6H2,(H,9,11). The Morgan fingerprint density at radius 3 is 3.18 bits per heavy atom. The number of rotatable bonds is 2. The Morgan fingerprint density at radius 2 is 2.45 bits per heavy atom. The average molecular weight is 268 g/mol. The summed E-state index contributed by atoms with van der Waals surface area (Å²) in [4.78, 5) is 13.2. The van der Waals surface area contributed by atoms with Gasteiger partial charge in [0, 0.05) is 24.1 Å². The number of amides is 1. The van der Waals surface area contributed by atoms with E-state index in [0.29, 0.717) is 6.54 Å². The van der Waals surface area contributed by atoms with E-state index in [-0.39, 0.29) is 5.91 Å². The second-order valence-corrected chi connectivity index (χ2v) is 3.75. The number of nitrogens with one attached hydrogen (secondary N) is 1. The third-order valence-electron chi connectivity index (χ3n) is 1.74. The van der Waals surface area contributed by atoms with Gasteiger partial charge in [-0.05, 0) is 6.42 Å². The van der Waals surface area contributed by atoms with Crippen LogP contribution in [0.4, 0.5) is 0 Å². The molecule has 4 heteroatoms. The quantitative estimate of drug-likeness (QED) is 0.575. The maximum Gasteiger partial charge on any atom is 0.234 e. The summed E-state index contributed by atoms with van der Waals surface area (Å²) in [6.45, 7) is 3.52. The first-order chi connectivity index (χ1) is 5.33. The van der Waals surface area contributed by atoms with Crippen molar-refractivity contribution in [2.75, 3.05) is 30.6 Å². The molecule has 1 amide bonds. The maximum atomic E-state index is 11.0. The zero-order valence-corrected chi connectivity index (χ0v) is 8.63. The van der Waals surface area contributed by atoms with Crippen molar-refractivity contribution >= 4 is 28.5 Å². The molecule has 0 spiro atoms. The molecule has 0 unspecified atom stereocenters. The van der Waals surface area contributed by atoms with Crippen LogP contribution < -0.4 is 5.32 Å². The summed E-state index contributed by atoms with van der Waals surface area (Å²) in [6, 6.07) is 0. The first-order valence-electron chi connectivity index (χ1n) is 3.88. The number of halogens is 1. The average Bonchev–Trinajstić information content (AvgIpc) is 2.15. The van der Waals surface area contributed by atoms with Crippen molar-refractivity contribution in [1.29, 1.82) is 0 Å². The number of hydrogen-bond acceptors (Lipinski definition) is 2. The van der Waals surface area contributed by atoms with Crippen LogP contribution in [0.15, 0.2) is 0 Å². The lowest BCUT2D eigenvalue weighted by molar-refractivity contribution is -0.121. The molecule has 1 saturated heterocycles. The van der Waals surface area contributed by atoms with Crippen LogP contribution in [0.25, 0.3) is 0 Å². The molecule has 1 N–H and O–H groups in total. The highest BCUT2D eigenvalue weighted by atomic mass is 127. The highest BCUT2D eigenvalue weighted by Crippen LogP contribution is 1.96. The molecule has 1 rings (SSSR count). The number of alkyl halides is 1. The first kappa shape index (κ1) is 9.25. The van der Waals surface area contributed by atoms with Gasteiger partial charge in [-0.2, -0.15) is 0 Å². The predicted octanol–water partition coefficient (Wildman–Crippen LogP) is 0.243. The van der Waals surface area contributed by atoms with Crippen LogP contribution in [-0.4, -0.2) is 41.4 Å². The molecule has 1 aliphatic rings. The minimum atomic E-state index is 0.173. The number of nitrogens with zero attached hydrogens (tertiary/aromatic N) is 1. The molecule has 1 aliphatic heterocycles. The van der Waals surface area contributed by atoms with Crippen LogP contribution in [0.1, 0.15) is 6.42 Å². The van der Waals surface area contributed by atoms with Gasteiger partial charge in [-0.1, -0.05) is 22.6 Å². The van der Waals surface area contributed by atoms with Crippen molar-refractivity contribution in [2.24, 2.45) is 0 Å². The molecule has 0 aliphatic carbocycles. The third kappa shape index (κ3) is 3.37. The smallest absolute Gasteiger partial charge is 0.234 e. The van der Waals surface area contributed by atoms with E-state index in [1.54, 1.807) is 0 Å². The Balaban J connectivity index is 2.33. The van der Waals surface area contributed by atoms with Crippen molar-refractivity contribution in [3.05, 3.63) is 0 Å². The molecule has 64 valence electrons. The van der Waals surface area contributed by atoms with Gasteiger partial charge in [-0.25, -0.2) is 0 Å². The van der Waals surface area contributed by atoms with E-state index >= 15 is 0 Å². The molecular weight excluding hydrogens is 255 g/mol. The molecule has 1 heterocycles. The second kappa shape index (κ2) is 4.92. The fourth-order valence-corrected chi connectivity index (χ4v) is 1.86. The highest BCUT2D eigenvalue weighted by Gasteiger charge is 2.12. The lowest BCUT2D eigenvalue weighted by Crippen LogP contribution is -2.34. The summed E-state index contributed by atoms with van der Waals surface area (Å²) in [7, 11) is 0. The summed E-state index contributed by atoms with van der Waals surface area (Å²) in [5.74, 6) is 0.173. The molecular formula is C7H13IN2O. The topological polar surface area (TPSA) is 32.3 Å². The zero-order chi connectivity index (χ0) is 8.10. The van der Waals surface area contributed by atoms with E-state index in [9.17, 15) is 4.79 Å². The second-order valence-electron chi connectivity index (χ2n) is 2.67. The van der Waals surface area contributed by atoms with Gasteiger partial charge in [-0.15, -0.1) is 0 Å². The lowest BCUT2D eigenvalue weighted by Gasteiger charge is -2.15. The SMILES string of the molecule is O=C1CN(CCI)CCCN1. The highest BCUT2D eigenvalue weighted by molar-refractivity contribution is 14.1. The van der Waals surface area contributed by atoms with Crippen LogP contribution in [0.5, 0.6) is 0 Å². The molecule has 1 fully saturated rings. The van der Waals surface area contributed by atoms with Gasteiger partial charge in [0.1, 0.15) is 0 Å². The van der Waals surface area contributed by atoms with Crippen molar-refractivity contribution in [2.45, 2.75) is 6.42 Å². The maximum absolute atomic E-state index is 11.0. The van der Waals surface area contributed by atoms with Crippen LogP contribution >= 0.6 is 22.6 Å². The molecule has 0 radical (unpaired) electrons. The molecule has 0 aromatic carbocycles. The summed E-state index contributed by atoms with van der Waals surface area (Å²) in [5.41, 5.74) is 0. The van der Waals surface area contributed by atoms with Gasteiger partial charge in [0.25, 0.3) is 0 Å². The lowest BCUT2D eigenvalue weighted by atomic mass is 10.4. The first-order valence-corrected chi connectivity index (χ1v) is 5.40. The fraction of sp³-hybridized carbons (Fsp3) is 0.857. The normalized spacial score (nSPS) is 21.0. The molecule has 3 nitrogen and oxygen atoms in total. The van der Waals surface area contributed by atoms with E-state index < -0.39 is 0 Å². The van der Waals surface area contributed by atoms with Gasteiger partial charge in [0.05, 0.1) is 6.54 Å². The summed E-state index contributed by atoms with van der Waals surface area (Å²) < 4.78 is 1.10. The van der Waals surface area contributed by atoms with Crippen LogP contribution in [0, 0.1) is 0 Å². The van der Waals surface area contributed by atoms with E-state index in [4.69, 9.17) is 0 Å². The zero-order valence-electron chi connectivity index (χ0n) is 6.48. The Hall–Kier alpha value is 0.160. The Bertz CT molecular complexity index is 140. The molecule has 0 aromatic heterocycles. The predicted molar refractivity (Wildman–Crippen MR) is 53.0 cm³/mol. The Kier molecular flexibility index (Phi) is 4.14. The van der Waals surface area contributed by atoms with Crippen LogP contribution in [0.3, 0.4) is 0 Å². The Labute approximate surface area is 80.7 Å². The van der Waals surface area contributed by atoms with Gasteiger partial charge in [0.15, 0.2) is 0 Å². The van der Waals surface area contributed by atoms with E-state index in [1.807, 2.05) is 0 Å². The van der Waals surface area contributed by atoms with Crippen molar-refractivity contribution < 1.29 is 4.79 Å². The molecule has 11 heavy (non-hydrogen) atoms. The molecule has 0 bridgehead atoms. The molecule has 0 aromatic rings. The van der Waals surface area contributed by atoms with Gasteiger partial charge in [-0.3, -0.25) is 9.69 Å². The number of carbonyl (C=O) groups excluding carboxylic acids is 1. The van der Waals surface area contributed by atoms with Crippen molar-refractivity contribution in [1.82, 2.24) is 10.2 Å².